The number of amides is 3. The zero-order valence-corrected chi connectivity index (χ0v) is 12.6. The van der Waals surface area contributed by atoms with E-state index in [-0.39, 0.29) is 0 Å². The third-order valence-electron chi connectivity index (χ3n) is 3.02. The number of rotatable bonds is 4. The van der Waals surface area contributed by atoms with Crippen LogP contribution >= 0.6 is 0 Å². The van der Waals surface area contributed by atoms with E-state index in [1.807, 2.05) is 24.3 Å². The molecule has 0 spiro atoms. The third kappa shape index (κ3) is 4.60. The third-order valence-corrected chi connectivity index (χ3v) is 3.02. The van der Waals surface area contributed by atoms with Crippen LogP contribution in [0.25, 0.3) is 6.08 Å². The lowest BCUT2D eigenvalue weighted by molar-refractivity contribution is 0.0965. The Labute approximate surface area is 133 Å². The summed E-state index contributed by atoms with van der Waals surface area (Å²) in [6, 6.07) is 13.0. The number of benzene rings is 2. The number of imide groups is 1. The van der Waals surface area contributed by atoms with Crippen LogP contribution in [0.5, 0.6) is 5.75 Å². The van der Waals surface area contributed by atoms with Gasteiger partial charge >= 0.3 is 6.03 Å². The molecule has 0 radical (unpaired) electrons. The van der Waals surface area contributed by atoms with E-state index in [2.05, 4.69) is 10.6 Å². The number of ether oxygens (including phenoxy) is 1. The number of hydrogen-bond acceptors (Lipinski definition) is 4. The van der Waals surface area contributed by atoms with Gasteiger partial charge in [0.1, 0.15) is 5.75 Å². The predicted octanol–water partition coefficient (Wildman–Crippen LogP) is 2.39. The summed E-state index contributed by atoms with van der Waals surface area (Å²) in [7, 11) is 1.57. The zero-order chi connectivity index (χ0) is 16.7. The smallest absolute Gasteiger partial charge is 0.325 e. The largest absolute Gasteiger partial charge is 0.496 e. The van der Waals surface area contributed by atoms with Gasteiger partial charge in [-0.3, -0.25) is 10.1 Å². The Kier molecular flexibility index (Phi) is 5.35. The van der Waals surface area contributed by atoms with Crippen LogP contribution in [0.2, 0.25) is 0 Å². The van der Waals surface area contributed by atoms with E-state index >= 15 is 0 Å². The molecule has 23 heavy (non-hydrogen) atoms. The molecular weight excluding hydrogens is 294 g/mol. The fourth-order valence-electron chi connectivity index (χ4n) is 1.86. The fraction of sp³-hybridized carbons (Fsp3) is 0.0588. The number of anilines is 1. The second kappa shape index (κ2) is 7.65. The second-order valence-corrected chi connectivity index (χ2v) is 4.62. The zero-order valence-electron chi connectivity index (χ0n) is 12.6. The molecule has 4 N–H and O–H groups in total. The Hall–Kier alpha value is -3.28. The van der Waals surface area contributed by atoms with Crippen molar-refractivity contribution < 1.29 is 14.3 Å². The van der Waals surface area contributed by atoms with Gasteiger partial charge in [0.05, 0.1) is 7.11 Å². The molecule has 118 valence electrons. The molecule has 0 aliphatic heterocycles. The first-order valence-electron chi connectivity index (χ1n) is 6.87. The maximum Gasteiger partial charge on any atom is 0.325 e. The van der Waals surface area contributed by atoms with Crippen molar-refractivity contribution in [2.45, 2.75) is 0 Å². The number of para-hydroxylation sites is 1. The van der Waals surface area contributed by atoms with Gasteiger partial charge in [-0.1, -0.05) is 18.2 Å². The Bertz CT molecular complexity index is 724. The number of urea groups is 1. The quantitative estimate of drug-likeness (QED) is 0.756. The van der Waals surface area contributed by atoms with Gasteiger partial charge < -0.3 is 15.8 Å². The van der Waals surface area contributed by atoms with Gasteiger partial charge in [0.25, 0.3) is 5.91 Å². The van der Waals surface area contributed by atoms with E-state index in [0.29, 0.717) is 17.0 Å². The van der Waals surface area contributed by atoms with Crippen molar-refractivity contribution in [1.29, 1.82) is 0 Å². The van der Waals surface area contributed by atoms with Crippen molar-refractivity contribution in [3.8, 4) is 5.75 Å². The summed E-state index contributed by atoms with van der Waals surface area (Å²) in [6.07, 6.45) is 3.11. The average molecular weight is 311 g/mol. The Morgan fingerprint density at radius 1 is 1.09 bits per heavy atom. The molecule has 0 bridgehead atoms. The first-order chi connectivity index (χ1) is 11.1. The highest BCUT2D eigenvalue weighted by atomic mass is 16.5. The molecule has 2 rings (SSSR count). The summed E-state index contributed by atoms with van der Waals surface area (Å²) in [5.41, 5.74) is 7.25. The molecule has 0 saturated carbocycles. The minimum Gasteiger partial charge on any atom is -0.496 e. The summed E-state index contributed by atoms with van der Waals surface area (Å²) in [6.45, 7) is 0. The van der Waals surface area contributed by atoms with Crippen LogP contribution < -0.4 is 21.1 Å². The number of carbonyl (C=O) groups is 2. The normalized spacial score (nSPS) is 10.3. The van der Waals surface area contributed by atoms with Gasteiger partial charge in [0, 0.05) is 23.0 Å². The molecule has 6 nitrogen and oxygen atoms in total. The summed E-state index contributed by atoms with van der Waals surface area (Å²) < 4.78 is 5.19. The molecule has 0 aliphatic carbocycles. The van der Waals surface area contributed by atoms with Crippen molar-refractivity contribution in [3.63, 3.8) is 0 Å². The van der Waals surface area contributed by atoms with E-state index in [1.165, 1.54) is 6.20 Å². The number of nitrogens with one attached hydrogen (secondary N) is 2. The van der Waals surface area contributed by atoms with Gasteiger partial charge in [-0.05, 0) is 36.4 Å². The summed E-state index contributed by atoms with van der Waals surface area (Å²) >= 11 is 0. The molecule has 0 aliphatic rings. The van der Waals surface area contributed by atoms with Crippen LogP contribution in [0.4, 0.5) is 10.5 Å². The van der Waals surface area contributed by atoms with Gasteiger partial charge in [0.2, 0.25) is 0 Å². The number of carbonyl (C=O) groups excluding carboxylic acids is 2. The molecule has 0 aromatic heterocycles. The monoisotopic (exact) mass is 311 g/mol. The molecule has 0 heterocycles. The highest BCUT2D eigenvalue weighted by molar-refractivity contribution is 6.04. The van der Waals surface area contributed by atoms with Gasteiger partial charge in [-0.15, -0.1) is 0 Å². The second-order valence-electron chi connectivity index (χ2n) is 4.62. The van der Waals surface area contributed by atoms with E-state index in [4.69, 9.17) is 10.5 Å². The van der Waals surface area contributed by atoms with Crippen molar-refractivity contribution in [3.05, 3.63) is 65.9 Å². The summed E-state index contributed by atoms with van der Waals surface area (Å²) in [4.78, 5) is 23.5. The topological polar surface area (TPSA) is 93.5 Å². The lowest BCUT2D eigenvalue weighted by Gasteiger charge is -2.05. The standard InChI is InChI=1S/C17H17N3O3/c1-23-15-5-3-2-4-12(15)10-11-19-17(22)20-16(21)13-6-8-14(18)9-7-13/h2-11H,18H2,1H3,(H2,19,20,21,22)/b11-10+. The van der Waals surface area contributed by atoms with E-state index < -0.39 is 11.9 Å². The van der Waals surface area contributed by atoms with Crippen LogP contribution in [-0.2, 0) is 0 Å². The van der Waals surface area contributed by atoms with Crippen LogP contribution in [0.15, 0.2) is 54.7 Å². The summed E-state index contributed by atoms with van der Waals surface area (Å²) in [5, 5.41) is 4.68. The fourth-order valence-corrected chi connectivity index (χ4v) is 1.86. The molecular formula is C17H17N3O3. The van der Waals surface area contributed by atoms with Gasteiger partial charge in [0.15, 0.2) is 0 Å². The first kappa shape index (κ1) is 16.1. The van der Waals surface area contributed by atoms with Crippen molar-refractivity contribution in [2.75, 3.05) is 12.8 Å². The number of methoxy groups -OCH3 is 1. The van der Waals surface area contributed by atoms with Crippen molar-refractivity contribution in [1.82, 2.24) is 10.6 Å². The van der Waals surface area contributed by atoms with Crippen LogP contribution in [0.3, 0.4) is 0 Å². The molecule has 0 atom stereocenters. The maximum absolute atomic E-state index is 11.8. The molecule has 3 amide bonds. The molecule has 2 aromatic rings. The average Bonchev–Trinajstić information content (AvgIpc) is 2.55. The molecule has 0 saturated heterocycles. The minimum atomic E-state index is -0.627. The van der Waals surface area contributed by atoms with Crippen LogP contribution in [-0.4, -0.2) is 19.0 Å². The molecule has 0 fully saturated rings. The Morgan fingerprint density at radius 2 is 1.78 bits per heavy atom. The van der Waals surface area contributed by atoms with Crippen molar-refractivity contribution in [2.24, 2.45) is 0 Å². The highest BCUT2D eigenvalue weighted by Gasteiger charge is 2.08. The Balaban J connectivity index is 1.91. The van der Waals surface area contributed by atoms with Crippen molar-refractivity contribution >= 4 is 23.7 Å². The summed E-state index contributed by atoms with van der Waals surface area (Å²) in [5.74, 6) is 0.178. The molecule has 0 unspecified atom stereocenters. The minimum absolute atomic E-state index is 0.350. The Morgan fingerprint density at radius 3 is 2.48 bits per heavy atom. The lowest BCUT2D eigenvalue weighted by Crippen LogP contribution is -2.36. The van der Waals surface area contributed by atoms with Gasteiger partial charge in [-0.2, -0.15) is 0 Å². The highest BCUT2D eigenvalue weighted by Crippen LogP contribution is 2.18. The van der Waals surface area contributed by atoms with E-state index in [1.54, 1.807) is 37.5 Å². The maximum atomic E-state index is 11.8. The molecule has 2 aromatic carbocycles. The van der Waals surface area contributed by atoms with Crippen LogP contribution in [0.1, 0.15) is 15.9 Å². The number of nitrogen functional groups attached to an aromatic ring is 1. The lowest BCUT2D eigenvalue weighted by atomic mass is 10.2. The van der Waals surface area contributed by atoms with Gasteiger partial charge in [-0.25, -0.2) is 4.79 Å². The number of nitrogens with two attached hydrogens (primary N) is 1. The molecule has 6 heteroatoms. The first-order valence-corrected chi connectivity index (χ1v) is 6.87. The van der Waals surface area contributed by atoms with E-state index in [9.17, 15) is 9.59 Å². The van der Waals surface area contributed by atoms with Crippen LogP contribution in [0, 0.1) is 0 Å². The van der Waals surface area contributed by atoms with E-state index in [0.717, 1.165) is 5.56 Å². The predicted molar refractivity (Wildman–Crippen MR) is 88.9 cm³/mol. The SMILES string of the molecule is COc1ccccc1/C=C/NC(=O)NC(=O)c1ccc(N)cc1. The number of hydrogen-bond donors (Lipinski definition) is 3.